The van der Waals surface area contributed by atoms with Gasteiger partial charge in [-0.05, 0) is 12.1 Å². The summed E-state index contributed by atoms with van der Waals surface area (Å²) in [6.45, 7) is 0. The smallest absolute Gasteiger partial charge is 0.504 e. The van der Waals surface area contributed by atoms with Gasteiger partial charge in [0.05, 0.1) is 5.56 Å². The fourth-order valence-electron chi connectivity index (χ4n) is 1.73. The van der Waals surface area contributed by atoms with Gasteiger partial charge in [-0.25, -0.2) is 12.1 Å². The Morgan fingerprint density at radius 1 is 0.917 bits per heavy atom. The molecule has 0 aliphatic heterocycles. The summed E-state index contributed by atoms with van der Waals surface area (Å²) in [6, 6.07) is 19.4. The van der Waals surface area contributed by atoms with Crippen LogP contribution in [-0.4, -0.2) is 21.1 Å². The molecule has 0 bridgehead atoms. The van der Waals surface area contributed by atoms with E-state index in [1.54, 1.807) is 24.3 Å². The monoisotopic (exact) mass is 362 g/mol. The number of hydrogen-bond acceptors (Lipinski definition) is 4. The minimum absolute atomic E-state index is 0. The van der Waals surface area contributed by atoms with E-state index < -0.39 is 23.0 Å². The Morgan fingerprint density at radius 2 is 1.62 bits per heavy atom. The normalized spacial score (nSPS) is 8.83. The van der Waals surface area contributed by atoms with Gasteiger partial charge in [0.2, 0.25) is 11.5 Å². The topological polar surface area (TPSA) is 77.8 Å². The van der Waals surface area contributed by atoms with E-state index >= 15 is 0 Å². The number of phenols is 3. The number of aromatic hydroxyl groups is 3. The average Bonchev–Trinajstić information content (AvgIpc) is 3.25. The molecular weight excluding hydrogens is 348 g/mol. The Morgan fingerprint density at radius 3 is 2.17 bits per heavy atom. The van der Waals surface area contributed by atoms with Crippen LogP contribution in [0, 0.1) is 11.8 Å². The van der Waals surface area contributed by atoms with Gasteiger partial charge < -0.3 is 15.3 Å². The summed E-state index contributed by atoms with van der Waals surface area (Å²) in [4.78, 5) is 11.7. The fourth-order valence-corrected chi connectivity index (χ4v) is 1.73. The van der Waals surface area contributed by atoms with E-state index in [1.807, 2.05) is 30.3 Å². The molecule has 0 aliphatic carbocycles. The second-order valence-electron chi connectivity index (χ2n) is 4.54. The Balaban J connectivity index is 0.000000412. The van der Waals surface area contributed by atoms with Crippen LogP contribution in [0.25, 0.3) is 0 Å². The molecule has 3 aromatic carbocycles. The van der Waals surface area contributed by atoms with Crippen molar-refractivity contribution in [1.82, 2.24) is 0 Å². The molecule has 0 amide bonds. The van der Waals surface area contributed by atoms with E-state index in [1.165, 1.54) is 6.07 Å². The Hall–Kier alpha value is -2.93. The van der Waals surface area contributed by atoms with Gasteiger partial charge in [-0.15, -0.1) is 11.6 Å². The molecule has 0 atom stereocenters. The summed E-state index contributed by atoms with van der Waals surface area (Å²) in [5, 5.41) is 27.9. The first kappa shape index (κ1) is 19.1. The van der Waals surface area contributed by atoms with Crippen LogP contribution in [0.1, 0.15) is 15.9 Å². The first-order valence-corrected chi connectivity index (χ1v) is 6.78. The van der Waals surface area contributed by atoms with Crippen LogP contribution >= 0.6 is 0 Å². The zero-order valence-corrected chi connectivity index (χ0v) is 13.6. The minimum Gasteiger partial charge on any atom is -0.504 e. The largest absolute Gasteiger partial charge is 2.00 e. The molecule has 0 aliphatic rings. The number of phenolic OH excluding ortho intramolecular Hbond substituents is 3. The zero-order chi connectivity index (χ0) is 16.7. The number of ketones is 1. The van der Waals surface area contributed by atoms with Crippen LogP contribution in [0.4, 0.5) is 0 Å². The van der Waals surface area contributed by atoms with Gasteiger partial charge in [0.15, 0.2) is 11.5 Å². The van der Waals surface area contributed by atoms with E-state index in [2.05, 4.69) is 11.8 Å². The van der Waals surface area contributed by atoms with Crippen LogP contribution < -0.4 is 0 Å². The van der Waals surface area contributed by atoms with Crippen molar-refractivity contribution in [1.29, 1.82) is 0 Å². The molecule has 3 N–H and O–H groups in total. The van der Waals surface area contributed by atoms with Gasteiger partial charge in [-0.2, -0.15) is 42.3 Å². The SMILES string of the molecule is O=C(C#Cc1ccc[cH-]1)c1ccc(O)c(O)c1O.[Fe+2].c1cc[cH-]c1. The number of benzene rings is 1. The number of Topliss-reactive ketones (excluding diaryl/α,β-unsaturated/α-hetero) is 1. The third-order valence-electron chi connectivity index (χ3n) is 2.91. The predicted molar refractivity (Wildman–Crippen MR) is 86.7 cm³/mol. The third kappa shape index (κ3) is 5.06. The summed E-state index contributed by atoms with van der Waals surface area (Å²) < 4.78 is 0. The van der Waals surface area contributed by atoms with Crippen LogP contribution in [0.15, 0.2) is 66.7 Å². The summed E-state index contributed by atoms with van der Waals surface area (Å²) >= 11 is 0. The Labute approximate surface area is 150 Å². The second-order valence-corrected chi connectivity index (χ2v) is 4.54. The molecule has 0 fully saturated rings. The number of carbonyl (C=O) groups is 1. The van der Waals surface area contributed by atoms with E-state index in [-0.39, 0.29) is 22.6 Å². The fraction of sp³-hybridized carbons (Fsp3) is 0. The first-order valence-electron chi connectivity index (χ1n) is 6.78. The maximum Gasteiger partial charge on any atom is 2.00 e. The molecule has 0 radical (unpaired) electrons. The number of rotatable bonds is 1. The summed E-state index contributed by atoms with van der Waals surface area (Å²) in [5.41, 5.74) is 0.537. The molecule has 0 aromatic heterocycles. The van der Waals surface area contributed by atoms with Crippen LogP contribution in [0.5, 0.6) is 17.2 Å². The Kier molecular flexibility index (Phi) is 7.38. The summed E-state index contributed by atoms with van der Waals surface area (Å²) in [6.07, 6.45) is 0. The standard InChI is InChI=1S/C14H9O4.C5H5.Fe/c15-11(7-5-9-3-1-2-4-9)10-6-8-12(16)14(18)13(10)17;1-2-4-5-3-1;/h1-4,6,8,16-18H;1-5H;/q2*-1;+2. The van der Waals surface area contributed by atoms with Crippen molar-refractivity contribution in [2.45, 2.75) is 0 Å². The number of hydrogen-bond donors (Lipinski definition) is 3. The molecule has 24 heavy (non-hydrogen) atoms. The predicted octanol–water partition coefficient (Wildman–Crippen LogP) is 3.16. The van der Waals surface area contributed by atoms with Crippen molar-refractivity contribution in [3.8, 4) is 29.1 Å². The van der Waals surface area contributed by atoms with Crippen molar-refractivity contribution < 1.29 is 37.2 Å². The maximum absolute atomic E-state index is 11.7. The van der Waals surface area contributed by atoms with Crippen LogP contribution in [0.3, 0.4) is 0 Å². The molecule has 4 nitrogen and oxygen atoms in total. The van der Waals surface area contributed by atoms with Crippen molar-refractivity contribution in [3.63, 3.8) is 0 Å². The molecule has 3 rings (SSSR count). The molecule has 0 heterocycles. The molecule has 0 saturated carbocycles. The van der Waals surface area contributed by atoms with Gasteiger partial charge in [0.1, 0.15) is 0 Å². The van der Waals surface area contributed by atoms with Crippen molar-refractivity contribution >= 4 is 5.78 Å². The summed E-state index contributed by atoms with van der Waals surface area (Å²) in [5.74, 6) is 2.45. The maximum atomic E-state index is 11.7. The second kappa shape index (κ2) is 9.26. The van der Waals surface area contributed by atoms with Gasteiger partial charge in [-0.1, -0.05) is 5.92 Å². The molecule has 3 aromatic rings. The Bertz CT molecular complexity index is 805. The first-order chi connectivity index (χ1) is 11.1. The van der Waals surface area contributed by atoms with Gasteiger partial charge >= 0.3 is 17.1 Å². The molecule has 122 valence electrons. The molecule has 0 spiro atoms. The van der Waals surface area contributed by atoms with Crippen LogP contribution in [0.2, 0.25) is 0 Å². The molecular formula is C19H14FeO4. The molecule has 0 unspecified atom stereocenters. The minimum atomic E-state index is -0.726. The van der Waals surface area contributed by atoms with Gasteiger partial charge in [0.25, 0.3) is 0 Å². The van der Waals surface area contributed by atoms with E-state index in [0.29, 0.717) is 5.56 Å². The quantitative estimate of drug-likeness (QED) is 0.204. The van der Waals surface area contributed by atoms with Gasteiger partial charge in [0, 0.05) is 0 Å². The van der Waals surface area contributed by atoms with E-state index in [0.717, 1.165) is 6.07 Å². The van der Waals surface area contributed by atoms with Gasteiger partial charge in [-0.3, -0.25) is 4.79 Å². The van der Waals surface area contributed by atoms with Crippen molar-refractivity contribution in [3.05, 3.63) is 77.9 Å². The average molecular weight is 362 g/mol. The van der Waals surface area contributed by atoms with Crippen molar-refractivity contribution in [2.24, 2.45) is 0 Å². The van der Waals surface area contributed by atoms with E-state index in [4.69, 9.17) is 5.11 Å². The zero-order valence-electron chi connectivity index (χ0n) is 12.5. The van der Waals surface area contributed by atoms with E-state index in [9.17, 15) is 15.0 Å². The molecule has 0 saturated heterocycles. The third-order valence-corrected chi connectivity index (χ3v) is 2.91. The number of carbonyl (C=O) groups excluding carboxylic acids is 1. The van der Waals surface area contributed by atoms with Crippen molar-refractivity contribution in [2.75, 3.05) is 0 Å². The molecule has 5 heteroatoms. The summed E-state index contributed by atoms with van der Waals surface area (Å²) in [7, 11) is 0. The van der Waals surface area contributed by atoms with Crippen LogP contribution in [-0.2, 0) is 17.1 Å².